The van der Waals surface area contributed by atoms with Gasteiger partial charge in [-0.15, -0.1) is 11.3 Å². The van der Waals surface area contributed by atoms with Gasteiger partial charge in [-0.05, 0) is 28.9 Å². The van der Waals surface area contributed by atoms with Crippen molar-refractivity contribution in [2.75, 3.05) is 19.0 Å². The van der Waals surface area contributed by atoms with Crippen LogP contribution in [0, 0.1) is 6.92 Å². The molecule has 0 aliphatic rings. The van der Waals surface area contributed by atoms with Gasteiger partial charge in [0.05, 0.1) is 4.47 Å². The Balaban J connectivity index is 3.03. The zero-order chi connectivity index (χ0) is 7.72. The lowest BCUT2D eigenvalue weighted by molar-refractivity contribution is 1.15. The van der Waals surface area contributed by atoms with E-state index in [2.05, 4.69) is 47.9 Å². The molecule has 1 aromatic rings. The number of nitrogens with zero attached hydrogens (tertiary/aromatic N) is 1. The number of aryl methyl sites for hydroxylation is 1. The number of halogens is 1. The second-order valence-electron chi connectivity index (χ2n) is 2.40. The minimum absolute atomic E-state index is 1.19. The predicted octanol–water partition coefficient (Wildman–Crippen LogP) is 2.89. The normalized spacial score (nSPS) is 10.0. The summed E-state index contributed by atoms with van der Waals surface area (Å²) in [6.45, 7) is 2.11. The Labute approximate surface area is 73.8 Å². The Morgan fingerprint density at radius 1 is 1.50 bits per heavy atom. The van der Waals surface area contributed by atoms with E-state index in [4.69, 9.17) is 0 Å². The summed E-state index contributed by atoms with van der Waals surface area (Å²) in [5.74, 6) is 0. The van der Waals surface area contributed by atoms with Gasteiger partial charge in [0, 0.05) is 19.0 Å². The molecule has 0 aromatic carbocycles. The molecule has 0 bridgehead atoms. The van der Waals surface area contributed by atoms with Crippen LogP contribution in [0.4, 0.5) is 5.00 Å². The van der Waals surface area contributed by atoms with Crippen LogP contribution in [0.15, 0.2) is 10.5 Å². The van der Waals surface area contributed by atoms with Gasteiger partial charge in [-0.2, -0.15) is 0 Å². The smallest absolute Gasteiger partial charge is 0.105 e. The summed E-state index contributed by atoms with van der Waals surface area (Å²) in [4.78, 5) is 3.46. The second kappa shape index (κ2) is 2.93. The average Bonchev–Trinajstić information content (AvgIpc) is 2.10. The number of rotatable bonds is 1. The molecule has 0 atom stereocenters. The van der Waals surface area contributed by atoms with Crippen LogP contribution in [0.5, 0.6) is 0 Å². The van der Waals surface area contributed by atoms with Gasteiger partial charge in [0.2, 0.25) is 0 Å². The summed E-state index contributed by atoms with van der Waals surface area (Å²) >= 11 is 5.29. The minimum atomic E-state index is 1.19. The molecule has 10 heavy (non-hydrogen) atoms. The minimum Gasteiger partial charge on any atom is -0.369 e. The molecule has 1 aromatic heterocycles. The van der Waals surface area contributed by atoms with Crippen molar-refractivity contribution in [3.05, 3.63) is 15.4 Å². The highest BCUT2D eigenvalue weighted by molar-refractivity contribution is 9.10. The van der Waals surface area contributed by atoms with Crippen molar-refractivity contribution in [1.82, 2.24) is 0 Å². The van der Waals surface area contributed by atoms with E-state index in [9.17, 15) is 0 Å². The van der Waals surface area contributed by atoms with E-state index >= 15 is 0 Å². The van der Waals surface area contributed by atoms with Gasteiger partial charge >= 0.3 is 0 Å². The third-order valence-electron chi connectivity index (χ3n) is 1.20. The predicted molar refractivity (Wildman–Crippen MR) is 51.1 cm³/mol. The van der Waals surface area contributed by atoms with Gasteiger partial charge in [-0.25, -0.2) is 0 Å². The van der Waals surface area contributed by atoms with Crippen LogP contribution in [0.25, 0.3) is 0 Å². The van der Waals surface area contributed by atoms with E-state index in [1.807, 2.05) is 0 Å². The van der Waals surface area contributed by atoms with Crippen LogP contribution in [-0.2, 0) is 0 Å². The fourth-order valence-corrected chi connectivity index (χ4v) is 2.69. The van der Waals surface area contributed by atoms with Crippen molar-refractivity contribution in [2.45, 2.75) is 6.92 Å². The van der Waals surface area contributed by atoms with E-state index in [0.717, 1.165) is 0 Å². The summed E-state index contributed by atoms with van der Waals surface area (Å²) in [6.07, 6.45) is 0. The SMILES string of the molecule is Cc1cc(Br)c(N(C)C)s1. The average molecular weight is 220 g/mol. The molecular weight excluding hydrogens is 210 g/mol. The van der Waals surface area contributed by atoms with E-state index < -0.39 is 0 Å². The maximum absolute atomic E-state index is 3.49. The molecule has 1 nitrogen and oxygen atoms in total. The van der Waals surface area contributed by atoms with Gasteiger partial charge < -0.3 is 4.90 Å². The Bertz CT molecular complexity index is 230. The Morgan fingerprint density at radius 3 is 2.30 bits per heavy atom. The fourth-order valence-electron chi connectivity index (χ4n) is 0.776. The molecular formula is C7H10BrNS. The highest BCUT2D eigenvalue weighted by atomic mass is 79.9. The molecule has 0 saturated carbocycles. The van der Waals surface area contributed by atoms with E-state index in [1.54, 1.807) is 11.3 Å². The van der Waals surface area contributed by atoms with E-state index in [1.165, 1.54) is 14.4 Å². The summed E-state index contributed by atoms with van der Waals surface area (Å²) in [5.41, 5.74) is 0. The van der Waals surface area contributed by atoms with Crippen molar-refractivity contribution in [3.63, 3.8) is 0 Å². The molecule has 0 N–H and O–H groups in total. The Hall–Kier alpha value is -0.0200. The highest BCUT2D eigenvalue weighted by Gasteiger charge is 2.04. The summed E-state index contributed by atoms with van der Waals surface area (Å²) in [5, 5.41) is 1.29. The first kappa shape index (κ1) is 8.08. The maximum atomic E-state index is 3.49. The number of hydrogen-bond acceptors (Lipinski definition) is 2. The van der Waals surface area contributed by atoms with Crippen molar-refractivity contribution in [1.29, 1.82) is 0 Å². The van der Waals surface area contributed by atoms with Crippen LogP contribution < -0.4 is 4.90 Å². The standard InChI is InChI=1S/C7H10BrNS/c1-5-4-6(8)7(10-5)9(2)3/h4H,1-3H3. The zero-order valence-corrected chi connectivity index (χ0v) is 8.71. The number of hydrogen-bond donors (Lipinski definition) is 0. The van der Waals surface area contributed by atoms with Crippen molar-refractivity contribution < 1.29 is 0 Å². The summed E-state index contributed by atoms with van der Waals surface area (Å²) < 4.78 is 1.19. The van der Waals surface area contributed by atoms with Crippen LogP contribution >= 0.6 is 27.3 Å². The van der Waals surface area contributed by atoms with Gasteiger partial charge in [-0.3, -0.25) is 0 Å². The summed E-state index contributed by atoms with van der Waals surface area (Å²) in [7, 11) is 4.10. The third kappa shape index (κ3) is 1.52. The van der Waals surface area contributed by atoms with Crippen LogP contribution in [0.3, 0.4) is 0 Å². The van der Waals surface area contributed by atoms with Gasteiger partial charge in [0.25, 0.3) is 0 Å². The largest absolute Gasteiger partial charge is 0.369 e. The molecule has 0 radical (unpaired) electrons. The molecule has 1 heterocycles. The van der Waals surface area contributed by atoms with Crippen LogP contribution in [0.2, 0.25) is 0 Å². The quantitative estimate of drug-likeness (QED) is 0.703. The lowest BCUT2D eigenvalue weighted by Crippen LogP contribution is -2.06. The number of anilines is 1. The van der Waals surface area contributed by atoms with Crippen LogP contribution in [-0.4, -0.2) is 14.1 Å². The van der Waals surface area contributed by atoms with Gasteiger partial charge in [-0.1, -0.05) is 0 Å². The Kier molecular flexibility index (Phi) is 2.36. The topological polar surface area (TPSA) is 3.24 Å². The first-order chi connectivity index (χ1) is 4.61. The van der Waals surface area contributed by atoms with Crippen LogP contribution in [0.1, 0.15) is 4.88 Å². The molecule has 3 heteroatoms. The molecule has 56 valence electrons. The number of thiophene rings is 1. The second-order valence-corrected chi connectivity index (χ2v) is 4.49. The molecule has 0 saturated heterocycles. The molecule has 0 spiro atoms. The zero-order valence-electron chi connectivity index (χ0n) is 6.31. The molecule has 0 unspecified atom stereocenters. The first-order valence-electron chi connectivity index (χ1n) is 3.04. The van der Waals surface area contributed by atoms with Crippen molar-refractivity contribution >= 4 is 32.3 Å². The van der Waals surface area contributed by atoms with Crippen molar-refractivity contribution in [2.24, 2.45) is 0 Å². The molecule has 0 aliphatic heterocycles. The van der Waals surface area contributed by atoms with Gasteiger partial charge in [0.15, 0.2) is 0 Å². The fraction of sp³-hybridized carbons (Fsp3) is 0.429. The van der Waals surface area contributed by atoms with E-state index in [-0.39, 0.29) is 0 Å². The molecule has 1 rings (SSSR count). The van der Waals surface area contributed by atoms with Crippen molar-refractivity contribution in [3.8, 4) is 0 Å². The monoisotopic (exact) mass is 219 g/mol. The van der Waals surface area contributed by atoms with E-state index in [0.29, 0.717) is 0 Å². The first-order valence-corrected chi connectivity index (χ1v) is 4.65. The maximum Gasteiger partial charge on any atom is 0.105 e. The Morgan fingerprint density at radius 2 is 2.10 bits per heavy atom. The molecule has 0 amide bonds. The molecule has 0 aliphatic carbocycles. The molecule has 0 fully saturated rings. The lowest BCUT2D eigenvalue weighted by Gasteiger charge is -2.08. The summed E-state index contributed by atoms with van der Waals surface area (Å²) in [6, 6.07) is 2.14. The third-order valence-corrected chi connectivity index (χ3v) is 3.28. The van der Waals surface area contributed by atoms with Gasteiger partial charge in [0.1, 0.15) is 5.00 Å². The highest BCUT2D eigenvalue weighted by Crippen LogP contribution is 2.33. The lowest BCUT2D eigenvalue weighted by atomic mass is 10.5.